The van der Waals surface area contributed by atoms with Crippen LogP contribution < -0.4 is 17.1 Å². The number of rotatable bonds is 3. The van der Waals surface area contributed by atoms with E-state index in [0.29, 0.717) is 11.8 Å². The summed E-state index contributed by atoms with van der Waals surface area (Å²) in [6, 6.07) is 0. The van der Waals surface area contributed by atoms with E-state index in [2.05, 4.69) is 22.5 Å². The van der Waals surface area contributed by atoms with E-state index >= 15 is 0 Å². The topological polar surface area (TPSA) is 79.7 Å². The van der Waals surface area contributed by atoms with Crippen molar-refractivity contribution >= 4 is 5.84 Å². The SMILES string of the molecule is CCN1CCC[C@@H](/C(N)=N/NN)C1.[HH]. The van der Waals surface area contributed by atoms with E-state index in [1.165, 1.54) is 13.0 Å². The van der Waals surface area contributed by atoms with Gasteiger partial charge in [0.25, 0.3) is 0 Å². The summed E-state index contributed by atoms with van der Waals surface area (Å²) in [7, 11) is 0. The first-order valence-corrected chi connectivity index (χ1v) is 4.79. The standard InChI is InChI=1S/C8H19N5.H2/c1-2-13-5-3-4-7(6-13)8(9)11-12-10;/h7,12H,2-6,10H2,1H3,(H2,9,11);1H/t7-;/m1./s1. The Morgan fingerprint density at radius 1 is 1.77 bits per heavy atom. The summed E-state index contributed by atoms with van der Waals surface area (Å²) in [5, 5.41) is 3.81. The normalized spacial score (nSPS) is 26.0. The molecule has 0 unspecified atom stereocenters. The summed E-state index contributed by atoms with van der Waals surface area (Å²) >= 11 is 0. The third kappa shape index (κ3) is 2.86. The predicted octanol–water partition coefficient (Wildman–Crippen LogP) is -0.300. The van der Waals surface area contributed by atoms with Gasteiger partial charge in [0.1, 0.15) is 5.84 Å². The van der Waals surface area contributed by atoms with Gasteiger partial charge in [0.05, 0.1) is 0 Å². The molecule has 1 saturated heterocycles. The van der Waals surface area contributed by atoms with Crippen LogP contribution >= 0.6 is 0 Å². The lowest BCUT2D eigenvalue weighted by Gasteiger charge is -2.31. The molecule has 5 heteroatoms. The number of nitrogens with two attached hydrogens (primary N) is 2. The molecular weight excluding hydrogens is 166 g/mol. The Morgan fingerprint density at radius 2 is 2.54 bits per heavy atom. The summed E-state index contributed by atoms with van der Waals surface area (Å²) in [5.41, 5.74) is 8.00. The lowest BCUT2D eigenvalue weighted by molar-refractivity contribution is 0.213. The Hall–Kier alpha value is -0.810. The summed E-state index contributed by atoms with van der Waals surface area (Å²) in [5.74, 6) is 6.06. The summed E-state index contributed by atoms with van der Waals surface area (Å²) in [6.45, 7) is 5.43. The van der Waals surface area contributed by atoms with Crippen molar-refractivity contribution in [3.05, 3.63) is 0 Å². The fourth-order valence-electron chi connectivity index (χ4n) is 1.75. The number of nitrogens with zero attached hydrogens (tertiary/aromatic N) is 2. The van der Waals surface area contributed by atoms with Crippen LogP contribution in [0, 0.1) is 5.92 Å². The molecule has 0 aromatic rings. The molecule has 0 saturated carbocycles. The van der Waals surface area contributed by atoms with Crippen LogP contribution in [-0.2, 0) is 0 Å². The van der Waals surface area contributed by atoms with Crippen LogP contribution in [0.2, 0.25) is 0 Å². The zero-order valence-corrected chi connectivity index (χ0v) is 8.16. The number of amidine groups is 1. The van der Waals surface area contributed by atoms with E-state index in [4.69, 9.17) is 11.6 Å². The molecule has 1 heterocycles. The fraction of sp³-hybridized carbons (Fsp3) is 0.875. The van der Waals surface area contributed by atoms with Crippen molar-refractivity contribution in [2.45, 2.75) is 19.8 Å². The van der Waals surface area contributed by atoms with Crippen molar-refractivity contribution < 1.29 is 1.43 Å². The molecule has 1 aliphatic rings. The third-order valence-corrected chi connectivity index (χ3v) is 2.56. The van der Waals surface area contributed by atoms with Gasteiger partial charge in [0, 0.05) is 13.9 Å². The molecular formula is C8H21N5. The summed E-state index contributed by atoms with van der Waals surface area (Å²) in [6.07, 6.45) is 2.31. The van der Waals surface area contributed by atoms with Gasteiger partial charge < -0.3 is 10.6 Å². The molecule has 0 amide bonds. The Balaban J connectivity index is 0.00000169. The first-order valence-electron chi connectivity index (χ1n) is 4.79. The fourth-order valence-corrected chi connectivity index (χ4v) is 1.75. The number of likely N-dealkylation sites (tertiary alicyclic amines) is 1. The molecule has 0 aliphatic carbocycles. The van der Waals surface area contributed by atoms with Gasteiger partial charge in [-0.25, -0.2) is 11.4 Å². The molecule has 0 aromatic heterocycles. The number of hydrogen-bond donors (Lipinski definition) is 3. The number of hydrazone groups is 1. The lowest BCUT2D eigenvalue weighted by atomic mass is 9.97. The average Bonchev–Trinajstić information content (AvgIpc) is 2.18. The number of nitrogens with one attached hydrogen (secondary N) is 1. The maximum atomic E-state index is 5.76. The lowest BCUT2D eigenvalue weighted by Crippen LogP contribution is -2.42. The largest absolute Gasteiger partial charge is 0.385 e. The van der Waals surface area contributed by atoms with Crippen LogP contribution in [0.15, 0.2) is 5.10 Å². The monoisotopic (exact) mass is 187 g/mol. The van der Waals surface area contributed by atoms with Gasteiger partial charge >= 0.3 is 0 Å². The highest BCUT2D eigenvalue weighted by Crippen LogP contribution is 2.15. The Bertz CT molecular complexity index is 185. The number of piperidine rings is 1. The minimum absolute atomic E-state index is 0. The highest BCUT2D eigenvalue weighted by atomic mass is 15.5. The molecule has 0 bridgehead atoms. The van der Waals surface area contributed by atoms with Crippen molar-refractivity contribution in [1.29, 1.82) is 0 Å². The van der Waals surface area contributed by atoms with Gasteiger partial charge in [-0.15, -0.1) is 0 Å². The highest BCUT2D eigenvalue weighted by Gasteiger charge is 2.21. The van der Waals surface area contributed by atoms with Crippen LogP contribution in [0.4, 0.5) is 0 Å². The molecule has 1 fully saturated rings. The Morgan fingerprint density at radius 3 is 3.15 bits per heavy atom. The average molecular weight is 187 g/mol. The number of hydrazine groups is 1. The van der Waals surface area contributed by atoms with E-state index in [0.717, 1.165) is 19.5 Å². The quantitative estimate of drug-likeness (QED) is 0.245. The van der Waals surface area contributed by atoms with Crippen LogP contribution in [0.25, 0.3) is 0 Å². The second kappa shape index (κ2) is 5.04. The zero-order chi connectivity index (χ0) is 9.68. The van der Waals surface area contributed by atoms with Gasteiger partial charge in [-0.3, -0.25) is 0 Å². The Labute approximate surface area is 80.6 Å². The van der Waals surface area contributed by atoms with Crippen LogP contribution in [0.5, 0.6) is 0 Å². The second-order valence-electron chi connectivity index (χ2n) is 3.40. The minimum atomic E-state index is 0. The van der Waals surface area contributed by atoms with Crippen LogP contribution in [-0.4, -0.2) is 30.4 Å². The molecule has 1 aliphatic heterocycles. The minimum Gasteiger partial charge on any atom is -0.385 e. The molecule has 0 aromatic carbocycles. The third-order valence-electron chi connectivity index (χ3n) is 2.56. The number of hydrogen-bond acceptors (Lipinski definition) is 4. The van der Waals surface area contributed by atoms with Crippen molar-refractivity contribution in [3.63, 3.8) is 0 Å². The van der Waals surface area contributed by atoms with Crippen molar-refractivity contribution in [2.24, 2.45) is 22.6 Å². The summed E-state index contributed by atoms with van der Waals surface area (Å²) in [4.78, 5) is 2.38. The van der Waals surface area contributed by atoms with Gasteiger partial charge in [-0.05, 0) is 25.9 Å². The first-order chi connectivity index (χ1) is 6.27. The molecule has 5 N–H and O–H groups in total. The molecule has 13 heavy (non-hydrogen) atoms. The molecule has 0 radical (unpaired) electrons. The second-order valence-corrected chi connectivity index (χ2v) is 3.40. The van der Waals surface area contributed by atoms with E-state index < -0.39 is 0 Å². The van der Waals surface area contributed by atoms with Crippen molar-refractivity contribution in [1.82, 2.24) is 10.4 Å². The van der Waals surface area contributed by atoms with E-state index in [1.807, 2.05) is 0 Å². The molecule has 78 valence electrons. The first kappa shape index (κ1) is 10.3. The molecule has 0 spiro atoms. The van der Waals surface area contributed by atoms with E-state index in [9.17, 15) is 0 Å². The van der Waals surface area contributed by atoms with E-state index in [1.54, 1.807) is 0 Å². The molecule has 1 atom stereocenters. The predicted molar refractivity (Wildman–Crippen MR) is 55.9 cm³/mol. The molecule has 1 rings (SSSR count). The summed E-state index contributed by atoms with van der Waals surface area (Å²) < 4.78 is 0. The zero-order valence-electron chi connectivity index (χ0n) is 8.16. The van der Waals surface area contributed by atoms with Gasteiger partial charge in [-0.1, -0.05) is 6.92 Å². The maximum absolute atomic E-state index is 5.76. The molecule has 5 nitrogen and oxygen atoms in total. The van der Waals surface area contributed by atoms with Gasteiger partial charge in [0.2, 0.25) is 0 Å². The van der Waals surface area contributed by atoms with Crippen molar-refractivity contribution in [2.75, 3.05) is 19.6 Å². The van der Waals surface area contributed by atoms with Crippen molar-refractivity contribution in [3.8, 4) is 0 Å². The van der Waals surface area contributed by atoms with Crippen LogP contribution in [0.1, 0.15) is 21.2 Å². The smallest absolute Gasteiger partial charge is 0.125 e. The Kier molecular flexibility index (Phi) is 3.98. The van der Waals surface area contributed by atoms with Crippen LogP contribution in [0.3, 0.4) is 0 Å². The van der Waals surface area contributed by atoms with Gasteiger partial charge in [-0.2, -0.15) is 5.10 Å². The maximum Gasteiger partial charge on any atom is 0.125 e. The highest BCUT2D eigenvalue weighted by molar-refractivity contribution is 5.82. The van der Waals surface area contributed by atoms with Gasteiger partial charge in [0.15, 0.2) is 0 Å². The van der Waals surface area contributed by atoms with E-state index in [-0.39, 0.29) is 1.43 Å².